The normalized spacial score (nSPS) is 11.1. The Labute approximate surface area is 80.2 Å². The number of fused-ring (bicyclic) bond motifs is 1. The molecule has 0 saturated heterocycles. The van der Waals surface area contributed by atoms with Gasteiger partial charge in [0.15, 0.2) is 0 Å². The first-order chi connectivity index (χ1) is 6.09. The molecule has 0 aliphatic heterocycles. The molecule has 0 bridgehead atoms. The molecule has 68 valence electrons. The van der Waals surface area contributed by atoms with Crippen molar-refractivity contribution in [3.8, 4) is 0 Å². The summed E-state index contributed by atoms with van der Waals surface area (Å²) in [5, 5.41) is 0.658. The highest BCUT2D eigenvalue weighted by atomic mass is 32.1. The van der Waals surface area contributed by atoms with Gasteiger partial charge in [-0.1, -0.05) is 0 Å². The molecule has 0 saturated carbocycles. The molecule has 0 aromatic carbocycles. The molecule has 2 aromatic heterocycles. The van der Waals surface area contributed by atoms with Crippen molar-refractivity contribution in [1.29, 1.82) is 0 Å². The van der Waals surface area contributed by atoms with Gasteiger partial charge in [-0.25, -0.2) is 9.37 Å². The molecular formula is C10H10FNS. The van der Waals surface area contributed by atoms with Crippen LogP contribution in [0.5, 0.6) is 0 Å². The second kappa shape index (κ2) is 2.77. The van der Waals surface area contributed by atoms with E-state index >= 15 is 0 Å². The summed E-state index contributed by atoms with van der Waals surface area (Å²) in [6, 6.07) is 1.86. The Kier molecular flexibility index (Phi) is 1.84. The summed E-state index contributed by atoms with van der Waals surface area (Å²) in [5.41, 5.74) is 1.44. The Morgan fingerprint density at radius 2 is 2.00 bits per heavy atom. The molecule has 0 spiro atoms. The minimum Gasteiger partial charge on any atom is -0.242 e. The molecule has 0 unspecified atom stereocenters. The van der Waals surface area contributed by atoms with Crippen molar-refractivity contribution in [2.24, 2.45) is 0 Å². The van der Waals surface area contributed by atoms with Gasteiger partial charge in [0.25, 0.3) is 0 Å². The largest absolute Gasteiger partial charge is 0.242 e. The van der Waals surface area contributed by atoms with Crippen molar-refractivity contribution in [3.05, 3.63) is 28.0 Å². The van der Waals surface area contributed by atoms with Crippen LogP contribution in [0.15, 0.2) is 6.07 Å². The summed E-state index contributed by atoms with van der Waals surface area (Å²) in [6.45, 7) is 5.58. The zero-order valence-electron chi connectivity index (χ0n) is 7.81. The third-order valence-electron chi connectivity index (χ3n) is 2.21. The third-order valence-corrected chi connectivity index (χ3v) is 3.16. The van der Waals surface area contributed by atoms with Crippen molar-refractivity contribution < 1.29 is 4.39 Å². The van der Waals surface area contributed by atoms with E-state index in [0.29, 0.717) is 10.9 Å². The number of hydrogen-bond donors (Lipinski definition) is 0. The average molecular weight is 195 g/mol. The van der Waals surface area contributed by atoms with E-state index in [1.807, 2.05) is 19.9 Å². The molecule has 3 heteroatoms. The van der Waals surface area contributed by atoms with Crippen LogP contribution in [0, 0.1) is 26.6 Å². The van der Waals surface area contributed by atoms with Crippen molar-refractivity contribution in [2.45, 2.75) is 20.8 Å². The fraction of sp³-hybridized carbons (Fsp3) is 0.300. The molecule has 0 atom stereocenters. The van der Waals surface area contributed by atoms with Gasteiger partial charge >= 0.3 is 0 Å². The smallest absolute Gasteiger partial charge is 0.138 e. The molecule has 2 aromatic rings. The van der Waals surface area contributed by atoms with Gasteiger partial charge < -0.3 is 0 Å². The molecule has 2 rings (SSSR count). The average Bonchev–Trinajstić information content (AvgIpc) is 2.42. The van der Waals surface area contributed by atoms with E-state index in [0.717, 1.165) is 15.4 Å². The molecular weight excluding hydrogens is 185 g/mol. The van der Waals surface area contributed by atoms with Gasteiger partial charge in [0.05, 0.1) is 0 Å². The summed E-state index contributed by atoms with van der Waals surface area (Å²) in [5.74, 6) is -0.119. The number of pyridine rings is 1. The van der Waals surface area contributed by atoms with E-state index in [-0.39, 0.29) is 5.82 Å². The second-order valence-corrected chi connectivity index (χ2v) is 4.45. The van der Waals surface area contributed by atoms with E-state index in [4.69, 9.17) is 0 Å². The Hall–Kier alpha value is -0.960. The standard InChI is InChI=1S/C10H10FNS/c1-5-4-8-9(11)6(2)7(3)12-10(8)13-5/h4H,1-3H3. The van der Waals surface area contributed by atoms with Crippen LogP contribution in [0.4, 0.5) is 4.39 Å². The Morgan fingerprint density at radius 3 is 2.69 bits per heavy atom. The number of aromatic nitrogens is 1. The van der Waals surface area contributed by atoms with Crippen LogP contribution in [0.2, 0.25) is 0 Å². The minimum absolute atomic E-state index is 0.119. The summed E-state index contributed by atoms with van der Waals surface area (Å²) in [6.07, 6.45) is 0. The van der Waals surface area contributed by atoms with Crippen molar-refractivity contribution in [2.75, 3.05) is 0 Å². The Bertz CT molecular complexity index is 473. The molecule has 2 heterocycles. The van der Waals surface area contributed by atoms with Crippen LogP contribution in [0.3, 0.4) is 0 Å². The number of halogens is 1. The summed E-state index contributed by atoms with van der Waals surface area (Å²) < 4.78 is 13.6. The highest BCUT2D eigenvalue weighted by molar-refractivity contribution is 7.18. The lowest BCUT2D eigenvalue weighted by atomic mass is 10.2. The fourth-order valence-electron chi connectivity index (χ4n) is 1.34. The highest BCUT2D eigenvalue weighted by Gasteiger charge is 2.10. The summed E-state index contributed by atoms with van der Waals surface area (Å²) in [4.78, 5) is 6.24. The zero-order chi connectivity index (χ0) is 9.59. The van der Waals surface area contributed by atoms with Crippen LogP contribution in [0.25, 0.3) is 10.2 Å². The van der Waals surface area contributed by atoms with Gasteiger partial charge in [0, 0.05) is 21.5 Å². The zero-order valence-corrected chi connectivity index (χ0v) is 8.63. The number of aryl methyl sites for hydroxylation is 2. The van der Waals surface area contributed by atoms with Crippen LogP contribution >= 0.6 is 11.3 Å². The van der Waals surface area contributed by atoms with Crippen LogP contribution in [-0.4, -0.2) is 4.98 Å². The lowest BCUT2D eigenvalue weighted by Gasteiger charge is -2.00. The van der Waals surface area contributed by atoms with Crippen LogP contribution in [0.1, 0.15) is 16.1 Å². The van der Waals surface area contributed by atoms with Gasteiger partial charge in [0.1, 0.15) is 10.6 Å². The molecule has 13 heavy (non-hydrogen) atoms. The maximum Gasteiger partial charge on any atom is 0.138 e. The first-order valence-corrected chi connectivity index (χ1v) is 4.94. The summed E-state index contributed by atoms with van der Waals surface area (Å²) in [7, 11) is 0. The third kappa shape index (κ3) is 1.23. The second-order valence-electron chi connectivity index (χ2n) is 3.21. The lowest BCUT2D eigenvalue weighted by molar-refractivity contribution is 0.627. The first kappa shape index (κ1) is 8.63. The van der Waals surface area contributed by atoms with E-state index < -0.39 is 0 Å². The van der Waals surface area contributed by atoms with Gasteiger partial charge in [0.2, 0.25) is 0 Å². The molecule has 0 N–H and O–H groups in total. The van der Waals surface area contributed by atoms with E-state index in [9.17, 15) is 4.39 Å². The SMILES string of the molecule is Cc1cc2c(F)c(C)c(C)nc2s1. The predicted octanol–water partition coefficient (Wildman–Crippen LogP) is 3.36. The van der Waals surface area contributed by atoms with Crippen molar-refractivity contribution >= 4 is 21.6 Å². The Morgan fingerprint density at radius 1 is 1.31 bits per heavy atom. The number of rotatable bonds is 0. The maximum atomic E-state index is 13.6. The van der Waals surface area contributed by atoms with Crippen LogP contribution < -0.4 is 0 Å². The highest BCUT2D eigenvalue weighted by Crippen LogP contribution is 2.28. The first-order valence-electron chi connectivity index (χ1n) is 4.12. The number of hydrogen-bond acceptors (Lipinski definition) is 2. The monoisotopic (exact) mass is 195 g/mol. The number of nitrogens with zero attached hydrogens (tertiary/aromatic N) is 1. The molecule has 0 aliphatic rings. The minimum atomic E-state index is -0.119. The van der Waals surface area contributed by atoms with Gasteiger partial charge in [-0.2, -0.15) is 0 Å². The molecule has 1 nitrogen and oxygen atoms in total. The maximum absolute atomic E-state index is 13.6. The number of thiophene rings is 1. The van der Waals surface area contributed by atoms with Crippen molar-refractivity contribution in [1.82, 2.24) is 4.98 Å². The van der Waals surface area contributed by atoms with E-state index in [2.05, 4.69) is 4.98 Å². The van der Waals surface area contributed by atoms with Crippen LogP contribution in [-0.2, 0) is 0 Å². The van der Waals surface area contributed by atoms with Crippen molar-refractivity contribution in [3.63, 3.8) is 0 Å². The van der Waals surface area contributed by atoms with Gasteiger partial charge in [-0.3, -0.25) is 0 Å². The lowest BCUT2D eigenvalue weighted by Crippen LogP contribution is -1.91. The molecule has 0 amide bonds. The van der Waals surface area contributed by atoms with E-state index in [1.165, 1.54) is 11.3 Å². The molecule has 0 fully saturated rings. The fourth-order valence-corrected chi connectivity index (χ4v) is 2.26. The van der Waals surface area contributed by atoms with E-state index in [1.54, 1.807) is 6.92 Å². The Balaban J connectivity index is 2.92. The predicted molar refractivity (Wildman–Crippen MR) is 53.8 cm³/mol. The van der Waals surface area contributed by atoms with Gasteiger partial charge in [-0.05, 0) is 26.8 Å². The molecule has 0 radical (unpaired) electrons. The van der Waals surface area contributed by atoms with Gasteiger partial charge in [-0.15, -0.1) is 11.3 Å². The quantitative estimate of drug-likeness (QED) is 0.628. The summed E-state index contributed by atoms with van der Waals surface area (Å²) >= 11 is 1.54. The topological polar surface area (TPSA) is 12.9 Å². The molecule has 0 aliphatic carbocycles.